The van der Waals surface area contributed by atoms with Gasteiger partial charge >= 0.3 is 5.97 Å². The summed E-state index contributed by atoms with van der Waals surface area (Å²) >= 11 is 0. The number of aliphatic carboxylic acids is 1. The van der Waals surface area contributed by atoms with Crippen molar-refractivity contribution in [2.75, 3.05) is 0 Å². The van der Waals surface area contributed by atoms with Crippen LogP contribution in [-0.4, -0.2) is 27.6 Å². The first-order chi connectivity index (χ1) is 13.6. The third-order valence-electron chi connectivity index (χ3n) is 8.61. The number of aliphatic hydroxyl groups is 1. The molecule has 0 radical (unpaired) electrons. The smallest absolute Gasteiger partial charge is 0.331 e. The fraction of sp³-hybridized carbons (Fsp3) is 0.600. The summed E-state index contributed by atoms with van der Waals surface area (Å²) in [7, 11) is 0. The average molecular weight is 397 g/mol. The van der Waals surface area contributed by atoms with Gasteiger partial charge in [-0.05, 0) is 86.8 Å². The summed E-state index contributed by atoms with van der Waals surface area (Å²) in [5, 5.41) is 21.0. The van der Waals surface area contributed by atoms with Crippen molar-refractivity contribution >= 4 is 11.8 Å². The highest BCUT2D eigenvalue weighted by Gasteiger charge is 2.63. The predicted octanol–water partition coefficient (Wildman–Crippen LogP) is 4.61. The number of carbonyl (C=O) groups excluding carboxylic acids is 1. The van der Waals surface area contributed by atoms with E-state index in [2.05, 4.69) is 20.1 Å². The summed E-state index contributed by atoms with van der Waals surface area (Å²) in [6, 6.07) is 0. The van der Waals surface area contributed by atoms with E-state index in [4.69, 9.17) is 0 Å². The first-order valence-corrected chi connectivity index (χ1v) is 10.8. The number of rotatable bonds is 3. The molecule has 0 unspecified atom stereocenters. The monoisotopic (exact) mass is 396 g/mol. The molecule has 0 heterocycles. The number of fused-ring (bicyclic) bond motifs is 5. The van der Waals surface area contributed by atoms with Crippen LogP contribution in [0.15, 0.2) is 47.6 Å². The third kappa shape index (κ3) is 2.91. The molecule has 0 bridgehead atoms. The van der Waals surface area contributed by atoms with Gasteiger partial charge in [-0.25, -0.2) is 4.79 Å². The number of carbonyl (C=O) groups is 2. The second kappa shape index (κ2) is 6.80. The molecule has 0 spiro atoms. The molecule has 2 N–H and O–H groups in total. The fourth-order valence-corrected chi connectivity index (χ4v) is 7.19. The van der Waals surface area contributed by atoms with E-state index in [1.165, 1.54) is 11.1 Å². The molecule has 0 amide bonds. The highest BCUT2D eigenvalue weighted by Crippen LogP contribution is 2.67. The number of allylic oxidation sites excluding steroid dienone is 2. The minimum Gasteiger partial charge on any atom is -0.478 e. The standard InChI is InChI=1S/C25H32O4/c1-14(23(27)28)11-16(3)25(29)10-9-21-20-7-5-17-12-18(26)6-8-19(17)22(20)15(2)13-24(21,25)4/h11-12,19-22,29H,2-3,5-10,13H2,1,4H3,(H,27,28)/t19-,20-,21-,22+,24-,25+/m0/s1. The van der Waals surface area contributed by atoms with Gasteiger partial charge in [0, 0.05) is 17.4 Å². The van der Waals surface area contributed by atoms with E-state index in [-0.39, 0.29) is 16.8 Å². The molecule has 0 aliphatic heterocycles. The summed E-state index contributed by atoms with van der Waals surface area (Å²) < 4.78 is 0. The lowest BCUT2D eigenvalue weighted by Gasteiger charge is -2.56. The Hall–Kier alpha value is -1.94. The minimum absolute atomic E-state index is 0.197. The maximum absolute atomic E-state index is 11.9. The van der Waals surface area contributed by atoms with Crippen molar-refractivity contribution in [3.8, 4) is 0 Å². The van der Waals surface area contributed by atoms with Crippen LogP contribution in [0.25, 0.3) is 0 Å². The summed E-state index contributed by atoms with van der Waals surface area (Å²) in [6.07, 6.45) is 9.24. The van der Waals surface area contributed by atoms with Crippen molar-refractivity contribution in [1.29, 1.82) is 0 Å². The average Bonchev–Trinajstić information content (AvgIpc) is 2.93. The van der Waals surface area contributed by atoms with Crippen LogP contribution >= 0.6 is 0 Å². The predicted molar refractivity (Wildman–Crippen MR) is 112 cm³/mol. The maximum atomic E-state index is 11.9. The van der Waals surface area contributed by atoms with Crippen molar-refractivity contribution in [3.05, 3.63) is 47.6 Å². The Morgan fingerprint density at radius 1 is 1.28 bits per heavy atom. The van der Waals surface area contributed by atoms with Crippen LogP contribution in [0.4, 0.5) is 0 Å². The highest BCUT2D eigenvalue weighted by atomic mass is 16.4. The van der Waals surface area contributed by atoms with Crippen LogP contribution < -0.4 is 0 Å². The van der Waals surface area contributed by atoms with Gasteiger partial charge in [-0.15, -0.1) is 0 Å². The van der Waals surface area contributed by atoms with E-state index in [1.54, 1.807) is 13.0 Å². The van der Waals surface area contributed by atoms with Crippen LogP contribution in [0.5, 0.6) is 0 Å². The fourth-order valence-electron chi connectivity index (χ4n) is 7.19. The molecule has 3 saturated carbocycles. The molecule has 3 fully saturated rings. The number of ketones is 1. The van der Waals surface area contributed by atoms with E-state index in [0.29, 0.717) is 42.1 Å². The van der Waals surface area contributed by atoms with Crippen molar-refractivity contribution < 1.29 is 19.8 Å². The van der Waals surface area contributed by atoms with E-state index >= 15 is 0 Å². The Balaban J connectivity index is 1.67. The van der Waals surface area contributed by atoms with Gasteiger partial charge in [0.05, 0.1) is 5.60 Å². The second-order valence-electron chi connectivity index (χ2n) is 9.97. The second-order valence-corrected chi connectivity index (χ2v) is 9.97. The molecule has 4 aliphatic carbocycles. The van der Waals surface area contributed by atoms with E-state index in [1.807, 2.05) is 6.08 Å². The molecule has 4 rings (SSSR count). The Labute approximate surface area is 173 Å². The Kier molecular flexibility index (Phi) is 4.77. The lowest BCUT2D eigenvalue weighted by molar-refractivity contribution is -0.132. The molecule has 4 aliphatic rings. The van der Waals surface area contributed by atoms with Crippen LogP contribution in [0.2, 0.25) is 0 Å². The zero-order valence-corrected chi connectivity index (χ0v) is 17.5. The zero-order chi connectivity index (χ0) is 21.1. The number of hydrogen-bond acceptors (Lipinski definition) is 3. The van der Waals surface area contributed by atoms with Crippen LogP contribution in [0, 0.1) is 29.1 Å². The number of hydrogen-bond donors (Lipinski definition) is 2. The van der Waals surface area contributed by atoms with Crippen LogP contribution in [0.1, 0.15) is 58.8 Å². The van der Waals surface area contributed by atoms with Gasteiger partial charge in [0.15, 0.2) is 5.78 Å². The summed E-state index contributed by atoms with van der Waals surface area (Å²) in [5.41, 5.74) is 1.70. The van der Waals surface area contributed by atoms with Crippen molar-refractivity contribution in [3.63, 3.8) is 0 Å². The largest absolute Gasteiger partial charge is 0.478 e. The Morgan fingerprint density at radius 2 is 2.00 bits per heavy atom. The van der Waals surface area contributed by atoms with Gasteiger partial charge in [-0.3, -0.25) is 4.79 Å². The molecule has 0 aromatic heterocycles. The summed E-state index contributed by atoms with van der Waals surface area (Å²) in [6.45, 7) is 12.3. The number of carboxylic acid groups (broad SMARTS) is 1. The number of carboxylic acids is 1. The van der Waals surface area contributed by atoms with Crippen molar-refractivity contribution in [2.45, 2.75) is 64.4 Å². The molecule has 0 saturated heterocycles. The van der Waals surface area contributed by atoms with E-state index < -0.39 is 11.6 Å². The lowest BCUT2D eigenvalue weighted by atomic mass is 9.49. The van der Waals surface area contributed by atoms with Crippen LogP contribution in [-0.2, 0) is 9.59 Å². The van der Waals surface area contributed by atoms with E-state index in [0.717, 1.165) is 32.1 Å². The third-order valence-corrected chi connectivity index (χ3v) is 8.61. The SMILES string of the molecule is C=C1C[C@@]2(C)[C@@H](CC[C@@]2(O)C(=C)C=C(C)C(=O)O)[C@@H]2CCC3=CC(=O)CC[C@@H]3[C@@H]12. The molecule has 6 atom stereocenters. The van der Waals surface area contributed by atoms with Crippen LogP contribution in [0.3, 0.4) is 0 Å². The normalized spacial score (nSPS) is 41.9. The van der Waals surface area contributed by atoms with Gasteiger partial charge in [-0.1, -0.05) is 31.2 Å². The van der Waals surface area contributed by atoms with E-state index in [9.17, 15) is 19.8 Å². The van der Waals surface area contributed by atoms with Gasteiger partial charge in [0.2, 0.25) is 0 Å². The van der Waals surface area contributed by atoms with Gasteiger partial charge in [0.25, 0.3) is 0 Å². The van der Waals surface area contributed by atoms with Gasteiger partial charge in [0.1, 0.15) is 0 Å². The van der Waals surface area contributed by atoms with Gasteiger partial charge < -0.3 is 10.2 Å². The summed E-state index contributed by atoms with van der Waals surface area (Å²) in [5.74, 6) is 0.914. The highest BCUT2D eigenvalue weighted by molar-refractivity contribution is 5.91. The maximum Gasteiger partial charge on any atom is 0.331 e. The van der Waals surface area contributed by atoms with Crippen molar-refractivity contribution in [1.82, 2.24) is 0 Å². The molecule has 29 heavy (non-hydrogen) atoms. The molecular weight excluding hydrogens is 364 g/mol. The molecule has 0 aromatic carbocycles. The van der Waals surface area contributed by atoms with Crippen molar-refractivity contribution in [2.24, 2.45) is 29.1 Å². The molecule has 0 aromatic rings. The Bertz CT molecular complexity index is 862. The quantitative estimate of drug-likeness (QED) is 0.415. The first-order valence-electron chi connectivity index (χ1n) is 10.8. The minimum atomic E-state index is -1.11. The molecule has 156 valence electrons. The molecule has 4 nitrogen and oxygen atoms in total. The zero-order valence-electron chi connectivity index (χ0n) is 17.5. The Morgan fingerprint density at radius 3 is 2.69 bits per heavy atom. The molecule has 4 heteroatoms. The first kappa shape index (κ1) is 20.3. The summed E-state index contributed by atoms with van der Waals surface area (Å²) in [4.78, 5) is 23.2. The molecular formula is C25H32O4. The lowest BCUT2D eigenvalue weighted by Crippen LogP contribution is -2.53. The van der Waals surface area contributed by atoms with Gasteiger partial charge in [-0.2, -0.15) is 0 Å². The topological polar surface area (TPSA) is 74.6 Å².